The Morgan fingerprint density at radius 2 is 2.17 bits per heavy atom. The minimum atomic E-state index is -1.88. The molecule has 1 saturated heterocycles. The summed E-state index contributed by atoms with van der Waals surface area (Å²) in [7, 11) is 0. The zero-order chi connectivity index (χ0) is 24.1. The Bertz CT molecular complexity index is 1720. The lowest BCUT2D eigenvalue weighted by atomic mass is 9.93. The number of aromatic amines is 1. The zero-order valence-electron chi connectivity index (χ0n) is 18.9. The van der Waals surface area contributed by atoms with Crippen molar-refractivity contribution < 1.29 is 8.78 Å². The predicted octanol–water partition coefficient (Wildman–Crippen LogP) is 4.52. The normalized spacial score (nSPS) is 24.3. The summed E-state index contributed by atoms with van der Waals surface area (Å²) >= 11 is 0. The highest BCUT2D eigenvalue weighted by atomic mass is 19.1. The molecule has 0 unspecified atom stereocenters. The molecule has 7 nitrogen and oxygen atoms in total. The number of rotatable bonds is 0. The Labute approximate surface area is 198 Å². The molecule has 2 fully saturated rings. The van der Waals surface area contributed by atoms with E-state index in [1.165, 1.54) is 6.20 Å². The molecule has 5 heterocycles. The van der Waals surface area contributed by atoms with Crippen molar-refractivity contribution in [3.05, 3.63) is 62.7 Å². The summed E-state index contributed by atoms with van der Waals surface area (Å²) in [5.41, 5.74) is 7.74. The van der Waals surface area contributed by atoms with Gasteiger partial charge >= 0.3 is 17.6 Å². The number of alkyl halides is 1. The third-order valence-corrected chi connectivity index (χ3v) is 7.62. The van der Waals surface area contributed by atoms with Crippen LogP contribution in [0.3, 0.4) is 0 Å². The predicted molar refractivity (Wildman–Crippen MR) is 131 cm³/mol. The fourth-order valence-corrected chi connectivity index (χ4v) is 5.90. The molecule has 4 bridgehead atoms. The van der Waals surface area contributed by atoms with Crippen LogP contribution < -0.4 is 16.3 Å². The van der Waals surface area contributed by atoms with Gasteiger partial charge in [-0.15, -0.1) is 0 Å². The number of nitrogens with one attached hydrogen (secondary N) is 1. The van der Waals surface area contributed by atoms with Crippen molar-refractivity contribution in [3.63, 3.8) is 0 Å². The molecule has 2 aromatic heterocycles. The lowest BCUT2D eigenvalue weighted by molar-refractivity contribution is 0.325. The minimum absolute atomic E-state index is 0.00942. The third-order valence-electron chi connectivity index (χ3n) is 7.62. The third kappa shape index (κ3) is 2.71. The number of H-pyrrole nitrogens is 1. The zero-order valence-corrected chi connectivity index (χ0v) is 18.9. The van der Waals surface area contributed by atoms with Crippen LogP contribution >= 0.6 is 0 Å². The summed E-state index contributed by atoms with van der Waals surface area (Å²) in [4.78, 5) is 29.9. The largest absolute Gasteiger partial charge is 0.443 e. The molecule has 1 saturated carbocycles. The molecule has 3 aliphatic heterocycles. The summed E-state index contributed by atoms with van der Waals surface area (Å²) < 4.78 is 32.5. The van der Waals surface area contributed by atoms with E-state index < -0.39 is 23.3 Å². The average Bonchev–Trinajstić information content (AvgIpc) is 3.48. The van der Waals surface area contributed by atoms with Gasteiger partial charge in [0, 0.05) is 29.4 Å². The summed E-state index contributed by atoms with van der Waals surface area (Å²) in [5, 5.41) is 1.70. The van der Waals surface area contributed by atoms with Crippen LogP contribution in [0.2, 0.25) is 0 Å². The van der Waals surface area contributed by atoms with Crippen LogP contribution in [-0.2, 0) is 0 Å². The molecule has 9 heteroatoms. The van der Waals surface area contributed by atoms with Crippen molar-refractivity contribution in [2.24, 2.45) is 5.92 Å². The molecule has 0 amide bonds. The Balaban J connectivity index is 1.68. The van der Waals surface area contributed by atoms with Crippen LogP contribution in [0.15, 0.2) is 35.3 Å². The Kier molecular flexibility index (Phi) is 3.92. The van der Waals surface area contributed by atoms with E-state index in [0.717, 1.165) is 23.8 Å². The number of pyridine rings is 1. The number of fused-ring (bicyclic) bond motifs is 1. The maximum absolute atomic E-state index is 16.4. The molecule has 2 aromatic carbocycles. The van der Waals surface area contributed by atoms with E-state index in [-0.39, 0.29) is 22.9 Å². The molecule has 3 atom stereocenters. The number of aromatic nitrogens is 3. The first-order chi connectivity index (χ1) is 16.9. The summed E-state index contributed by atoms with van der Waals surface area (Å²) in [5.74, 6) is -2.69. The van der Waals surface area contributed by atoms with E-state index in [1.807, 2.05) is 19.1 Å². The van der Waals surface area contributed by atoms with E-state index in [9.17, 15) is 4.79 Å². The van der Waals surface area contributed by atoms with Gasteiger partial charge in [0.15, 0.2) is 11.9 Å². The van der Waals surface area contributed by atoms with Crippen molar-refractivity contribution in [3.8, 4) is 17.3 Å². The van der Waals surface area contributed by atoms with Gasteiger partial charge in [0.1, 0.15) is 23.0 Å². The average molecular weight is 471 g/mol. The maximum atomic E-state index is 16.4. The second-order valence-corrected chi connectivity index (χ2v) is 9.69. The van der Waals surface area contributed by atoms with Crippen molar-refractivity contribution >= 4 is 33.2 Å². The van der Waals surface area contributed by atoms with Gasteiger partial charge in [-0.25, -0.2) is 9.18 Å². The molecule has 174 valence electrons. The smallest absolute Gasteiger partial charge is 0.399 e. The molecule has 4 aromatic rings. The van der Waals surface area contributed by atoms with E-state index in [1.54, 1.807) is 17.0 Å². The molecule has 0 radical (unpaired) electrons. The van der Waals surface area contributed by atoms with E-state index in [2.05, 4.69) is 25.9 Å². The fraction of sp³-hybridized carbons (Fsp3) is 0.308. The van der Waals surface area contributed by atoms with Crippen LogP contribution in [0.4, 0.5) is 20.3 Å². The van der Waals surface area contributed by atoms with Crippen molar-refractivity contribution in [1.29, 1.82) is 0 Å². The van der Waals surface area contributed by atoms with Crippen LogP contribution in [-0.4, -0.2) is 33.3 Å². The van der Waals surface area contributed by atoms with Gasteiger partial charge in [0.05, 0.1) is 10.9 Å². The number of anilines is 2. The lowest BCUT2D eigenvalue weighted by Gasteiger charge is -2.22. The second-order valence-electron chi connectivity index (χ2n) is 9.69. The number of aryl methyl sites for hydroxylation is 1. The topological polar surface area (TPSA) is 92.3 Å². The molecule has 0 spiro atoms. The minimum Gasteiger partial charge on any atom is -0.399 e. The van der Waals surface area contributed by atoms with Crippen molar-refractivity contribution in [1.82, 2.24) is 15.0 Å². The monoisotopic (exact) mass is 471 g/mol. The van der Waals surface area contributed by atoms with Gasteiger partial charge in [0.2, 0.25) is 0 Å². The standard InChI is InChI=1S/C26H20F2N6O/c1-12-5-6-13-8-14(29)9-15-19(13)16(12)11-31-26(28)18-4-2-3-7-34(23(18)26)24-17-10-30-21(15)20(27)22(17)32-25(35)33-24/h5-6,8-10,18,23H,2-4,7,29H2,1H3/p+1/t18-,23+,26-/m1/s1. The van der Waals surface area contributed by atoms with E-state index in [4.69, 9.17) is 5.73 Å². The molecule has 3 N–H and O–H groups in total. The first-order valence-electron chi connectivity index (χ1n) is 11.7. The Morgan fingerprint density at radius 1 is 1.31 bits per heavy atom. The van der Waals surface area contributed by atoms with Gasteiger partial charge in [-0.1, -0.05) is 18.6 Å². The van der Waals surface area contributed by atoms with Gasteiger partial charge in [-0.05, 0) is 47.7 Å². The van der Waals surface area contributed by atoms with Gasteiger partial charge in [-0.3, -0.25) is 4.98 Å². The number of nitrogen functional groups attached to an aromatic ring is 1. The number of benzene rings is 2. The van der Waals surface area contributed by atoms with E-state index >= 15 is 8.78 Å². The quantitative estimate of drug-likeness (QED) is 0.291. The summed E-state index contributed by atoms with van der Waals surface area (Å²) in [6, 6.07) is 9.59. The number of hydrogen-bond acceptors (Lipinski definition) is 5. The lowest BCUT2D eigenvalue weighted by Crippen LogP contribution is -2.33. The second kappa shape index (κ2) is 6.75. The first-order valence-corrected chi connectivity index (χ1v) is 11.7. The SMILES string of the molecule is Cc1ccc2cc(N)cc3c2c1C#[N+][C@]1(F)[C@@H]2CCCCN(c4nc(=O)[nH]c5c(F)c-3ncc45)[C@@H]21. The number of nitrogens with zero attached hydrogens (tertiary/aromatic N) is 4. The fourth-order valence-electron chi connectivity index (χ4n) is 5.90. The van der Waals surface area contributed by atoms with Crippen molar-refractivity contribution in [2.45, 2.75) is 38.0 Å². The number of halogens is 2. The molecule has 1 aliphatic carbocycles. The molecule has 8 rings (SSSR count). The molecular formula is C26H21F2N6O+. The van der Waals surface area contributed by atoms with Crippen molar-refractivity contribution in [2.75, 3.05) is 17.2 Å². The Hall–Kier alpha value is -4.06. The first kappa shape index (κ1) is 20.3. The highest BCUT2D eigenvalue weighted by Crippen LogP contribution is 2.57. The van der Waals surface area contributed by atoms with Crippen LogP contribution in [0.25, 0.3) is 37.8 Å². The van der Waals surface area contributed by atoms with Gasteiger partial charge in [0.25, 0.3) is 0 Å². The maximum Gasteiger partial charge on any atom is 0.443 e. The number of hydrogen-bond donors (Lipinski definition) is 2. The number of nitrogens with two attached hydrogens (primary N) is 1. The highest BCUT2D eigenvalue weighted by Gasteiger charge is 2.80. The summed E-state index contributed by atoms with van der Waals surface area (Å²) in [6.07, 6.45) is 3.80. The molecule has 4 aliphatic rings. The van der Waals surface area contributed by atoms with Gasteiger partial charge < -0.3 is 15.6 Å². The molecular weight excluding hydrogens is 450 g/mol. The van der Waals surface area contributed by atoms with Crippen LogP contribution in [0.5, 0.6) is 0 Å². The van der Waals surface area contributed by atoms with Crippen LogP contribution in [0.1, 0.15) is 30.4 Å². The molecule has 35 heavy (non-hydrogen) atoms. The Morgan fingerprint density at radius 3 is 3.03 bits per heavy atom. The highest BCUT2D eigenvalue weighted by molar-refractivity contribution is 6.04. The van der Waals surface area contributed by atoms with Crippen LogP contribution in [0, 0.1) is 24.7 Å². The summed E-state index contributed by atoms with van der Waals surface area (Å²) in [6.45, 7) is 2.37. The van der Waals surface area contributed by atoms with E-state index in [0.29, 0.717) is 40.6 Å². The van der Waals surface area contributed by atoms with Gasteiger partial charge in [-0.2, -0.15) is 9.37 Å².